The molecule has 4 rings (SSSR count). The lowest BCUT2D eigenvalue weighted by molar-refractivity contribution is -0.143. The van der Waals surface area contributed by atoms with Gasteiger partial charge in [-0.2, -0.15) is 30.0 Å². The van der Waals surface area contributed by atoms with Gasteiger partial charge in [0.15, 0.2) is 5.69 Å². The molecule has 2 amide bonds. The summed E-state index contributed by atoms with van der Waals surface area (Å²) in [4.78, 5) is 29.4. The summed E-state index contributed by atoms with van der Waals surface area (Å²) in [5.41, 5.74) is -2.14. The summed E-state index contributed by atoms with van der Waals surface area (Å²) in [6, 6.07) is 5.42. The molecule has 1 spiro atoms. The van der Waals surface area contributed by atoms with Crippen LogP contribution in [0.2, 0.25) is 5.02 Å². The largest absolute Gasteiger partial charge is 0.434 e. The summed E-state index contributed by atoms with van der Waals surface area (Å²) in [6.45, 7) is 4.52. The number of likely N-dealkylation sites (tertiary alicyclic amines) is 1. The van der Waals surface area contributed by atoms with Gasteiger partial charge in [0, 0.05) is 37.5 Å². The Balaban J connectivity index is 1.56. The zero-order valence-corrected chi connectivity index (χ0v) is 21.3. The first-order chi connectivity index (χ1) is 17.1. The average Bonchev–Trinajstić information content (AvgIpc) is 3.40. The fraction of sp³-hybridized carbons (Fsp3) is 0.458. The molecule has 194 valence electrons. The normalized spacial score (nSPS) is 19.8. The molecule has 2 saturated heterocycles. The maximum atomic E-state index is 14.1. The van der Waals surface area contributed by atoms with Crippen LogP contribution < -0.4 is 5.32 Å². The summed E-state index contributed by atoms with van der Waals surface area (Å²) in [7, 11) is 0. The number of aromatic nitrogens is 2. The molecule has 1 aromatic heterocycles. The smallest absolute Gasteiger partial charge is 0.338 e. The number of thioether (sulfide) groups is 1. The number of amides is 2. The molecule has 0 saturated carbocycles. The average molecular weight is 542 g/mol. The molecule has 1 atom stereocenters. The van der Waals surface area contributed by atoms with E-state index in [4.69, 9.17) is 11.6 Å². The molecular weight excluding hydrogens is 515 g/mol. The molecule has 2 aliphatic heterocycles. The number of carbonyl (C=O) groups is 2. The van der Waals surface area contributed by atoms with Crippen molar-refractivity contribution >= 4 is 35.2 Å². The summed E-state index contributed by atoms with van der Waals surface area (Å²) in [6.07, 6.45) is 1.28. The molecule has 2 aromatic rings. The third-order valence-corrected chi connectivity index (χ3v) is 7.56. The third-order valence-electron chi connectivity index (χ3n) is 6.66. The third kappa shape index (κ3) is 5.01. The van der Waals surface area contributed by atoms with Crippen LogP contribution in [0.1, 0.15) is 35.3 Å². The molecule has 7 nitrogen and oxygen atoms in total. The molecule has 2 fully saturated rings. The highest BCUT2D eigenvalue weighted by Crippen LogP contribution is 2.37. The van der Waals surface area contributed by atoms with E-state index in [0.29, 0.717) is 35.5 Å². The van der Waals surface area contributed by atoms with Crippen molar-refractivity contribution in [2.45, 2.75) is 37.1 Å². The minimum Gasteiger partial charge on any atom is -0.338 e. The van der Waals surface area contributed by atoms with Crippen LogP contribution in [0.15, 0.2) is 43.1 Å². The number of rotatable bonds is 7. The lowest BCUT2D eigenvalue weighted by Gasteiger charge is -2.44. The Kier molecular flexibility index (Phi) is 7.72. The monoisotopic (exact) mass is 541 g/mol. The van der Waals surface area contributed by atoms with Gasteiger partial charge in [0.2, 0.25) is 5.91 Å². The Bertz CT molecular complexity index is 1130. The van der Waals surface area contributed by atoms with Gasteiger partial charge in [-0.25, -0.2) is 4.68 Å². The van der Waals surface area contributed by atoms with Gasteiger partial charge in [0.05, 0.1) is 29.2 Å². The maximum absolute atomic E-state index is 14.1. The van der Waals surface area contributed by atoms with E-state index in [0.717, 1.165) is 11.9 Å². The van der Waals surface area contributed by atoms with Crippen molar-refractivity contribution in [3.8, 4) is 5.69 Å². The first-order valence-electron chi connectivity index (χ1n) is 11.5. The Labute approximate surface area is 216 Å². The van der Waals surface area contributed by atoms with Crippen molar-refractivity contribution in [1.82, 2.24) is 24.9 Å². The number of piperidine rings is 1. The molecule has 1 aromatic carbocycles. The molecule has 2 aliphatic rings. The molecule has 36 heavy (non-hydrogen) atoms. The fourth-order valence-corrected chi connectivity index (χ4v) is 5.51. The zero-order chi connectivity index (χ0) is 26.1. The maximum Gasteiger partial charge on any atom is 0.434 e. The SMILES string of the molecule is C=CCN1C(=O)C(CCSC)NC12CCN(C(=O)c1cnn(-c3ccc(Cl)cc3)c1C(F)(F)F)CC2. The van der Waals surface area contributed by atoms with Crippen molar-refractivity contribution in [2.24, 2.45) is 0 Å². The van der Waals surface area contributed by atoms with Crippen molar-refractivity contribution in [2.75, 3.05) is 31.6 Å². The lowest BCUT2D eigenvalue weighted by atomic mass is 9.95. The van der Waals surface area contributed by atoms with Crippen LogP contribution in [0, 0.1) is 0 Å². The van der Waals surface area contributed by atoms with Gasteiger partial charge in [0.25, 0.3) is 5.91 Å². The second-order valence-corrected chi connectivity index (χ2v) is 10.3. The predicted octanol–water partition coefficient (Wildman–Crippen LogP) is 4.22. The Morgan fingerprint density at radius 1 is 1.31 bits per heavy atom. The van der Waals surface area contributed by atoms with E-state index in [1.807, 2.05) is 6.26 Å². The van der Waals surface area contributed by atoms with Crippen molar-refractivity contribution < 1.29 is 22.8 Å². The van der Waals surface area contributed by atoms with E-state index in [-0.39, 0.29) is 30.7 Å². The summed E-state index contributed by atoms with van der Waals surface area (Å²) >= 11 is 7.52. The van der Waals surface area contributed by atoms with Crippen LogP contribution in [-0.4, -0.2) is 74.7 Å². The summed E-state index contributed by atoms with van der Waals surface area (Å²) in [5.74, 6) is 0.0763. The highest BCUT2D eigenvalue weighted by Gasteiger charge is 2.51. The molecule has 0 radical (unpaired) electrons. The Morgan fingerprint density at radius 3 is 2.56 bits per heavy atom. The summed E-state index contributed by atoms with van der Waals surface area (Å²) in [5, 5.41) is 7.72. The van der Waals surface area contributed by atoms with E-state index >= 15 is 0 Å². The predicted molar refractivity (Wildman–Crippen MR) is 133 cm³/mol. The van der Waals surface area contributed by atoms with Gasteiger partial charge in [0.1, 0.15) is 0 Å². The minimum absolute atomic E-state index is 0.00711. The zero-order valence-electron chi connectivity index (χ0n) is 19.7. The number of halogens is 4. The molecule has 0 bridgehead atoms. The van der Waals surface area contributed by atoms with E-state index in [2.05, 4.69) is 17.0 Å². The number of hydrogen-bond acceptors (Lipinski definition) is 5. The van der Waals surface area contributed by atoms with Gasteiger partial charge in [-0.05, 0) is 42.7 Å². The van der Waals surface area contributed by atoms with E-state index in [9.17, 15) is 22.8 Å². The quantitative estimate of drug-likeness (QED) is 0.532. The van der Waals surface area contributed by atoms with Crippen LogP contribution >= 0.6 is 23.4 Å². The van der Waals surface area contributed by atoms with Crippen LogP contribution in [0.3, 0.4) is 0 Å². The van der Waals surface area contributed by atoms with E-state index < -0.39 is 29.0 Å². The first-order valence-corrected chi connectivity index (χ1v) is 13.3. The first kappa shape index (κ1) is 26.6. The number of nitrogens with one attached hydrogen (secondary N) is 1. The molecular formula is C24H27ClF3N5O2S. The fourth-order valence-electron chi connectivity index (χ4n) is 4.91. The minimum atomic E-state index is -4.80. The number of carbonyl (C=O) groups excluding carboxylic acids is 2. The standard InChI is InChI=1S/C24H27ClF3N5O2S/c1-3-11-32-22(35)19(8-14-36-2)30-23(32)9-12-31(13-10-23)21(34)18-15-29-33(20(18)24(26,27)28)17-6-4-16(25)5-7-17/h3-7,15,19,30H,1,8-14H2,2H3. The topological polar surface area (TPSA) is 70.5 Å². The Hall–Kier alpha value is -2.50. The number of hydrogen-bond donors (Lipinski definition) is 1. The second kappa shape index (κ2) is 10.5. The number of nitrogens with zero attached hydrogens (tertiary/aromatic N) is 4. The van der Waals surface area contributed by atoms with E-state index in [1.54, 1.807) is 22.7 Å². The summed E-state index contributed by atoms with van der Waals surface area (Å²) < 4.78 is 42.9. The van der Waals surface area contributed by atoms with Crippen LogP contribution in [-0.2, 0) is 11.0 Å². The molecule has 12 heteroatoms. The van der Waals surface area contributed by atoms with Crippen LogP contribution in [0.25, 0.3) is 5.69 Å². The van der Waals surface area contributed by atoms with Gasteiger partial charge in [-0.3, -0.25) is 14.9 Å². The van der Waals surface area contributed by atoms with Crippen LogP contribution in [0.4, 0.5) is 13.2 Å². The number of alkyl halides is 3. The van der Waals surface area contributed by atoms with Gasteiger partial charge in [-0.1, -0.05) is 17.7 Å². The van der Waals surface area contributed by atoms with Crippen LogP contribution in [0.5, 0.6) is 0 Å². The molecule has 1 N–H and O–H groups in total. The highest BCUT2D eigenvalue weighted by atomic mass is 35.5. The Morgan fingerprint density at radius 2 is 1.97 bits per heavy atom. The molecule has 3 heterocycles. The lowest BCUT2D eigenvalue weighted by Crippen LogP contribution is -2.59. The number of benzene rings is 1. The molecule has 1 unspecified atom stereocenters. The highest BCUT2D eigenvalue weighted by molar-refractivity contribution is 7.98. The van der Waals surface area contributed by atoms with E-state index in [1.165, 1.54) is 29.2 Å². The van der Waals surface area contributed by atoms with Crippen molar-refractivity contribution in [1.29, 1.82) is 0 Å². The van der Waals surface area contributed by atoms with Crippen molar-refractivity contribution in [3.63, 3.8) is 0 Å². The van der Waals surface area contributed by atoms with Crippen molar-refractivity contribution in [3.05, 3.63) is 59.4 Å². The van der Waals surface area contributed by atoms with Gasteiger partial charge in [-0.15, -0.1) is 6.58 Å². The second-order valence-electron chi connectivity index (χ2n) is 8.83. The molecule has 0 aliphatic carbocycles. The van der Waals surface area contributed by atoms with Gasteiger partial charge < -0.3 is 9.80 Å². The van der Waals surface area contributed by atoms with Gasteiger partial charge >= 0.3 is 6.18 Å².